The molecule has 0 fully saturated rings. The maximum atomic E-state index is 13.0. The number of alkyl halides is 3. The van der Waals surface area contributed by atoms with E-state index in [1.807, 2.05) is 0 Å². The van der Waals surface area contributed by atoms with E-state index in [9.17, 15) is 27.2 Å². The molecule has 0 unspecified atom stereocenters. The van der Waals surface area contributed by atoms with Gasteiger partial charge in [-0.05, 0) is 41.6 Å². The Morgan fingerprint density at radius 3 is 2.39 bits per heavy atom. The highest BCUT2D eigenvalue weighted by molar-refractivity contribution is 5.83. The van der Waals surface area contributed by atoms with Gasteiger partial charge in [0.25, 0.3) is 5.56 Å². The number of aryl methyl sites for hydroxylation is 1. The summed E-state index contributed by atoms with van der Waals surface area (Å²) in [7, 11) is 0. The molecule has 0 saturated carbocycles. The lowest BCUT2D eigenvalue weighted by molar-refractivity contribution is -0.186. The minimum Gasteiger partial charge on any atom is -0.326 e. The van der Waals surface area contributed by atoms with Crippen molar-refractivity contribution in [2.75, 3.05) is 0 Å². The monoisotopic (exact) mass is 392 g/mol. The molecule has 8 heteroatoms. The highest BCUT2D eigenvalue weighted by atomic mass is 19.4. The smallest absolute Gasteiger partial charge is 0.326 e. The maximum absolute atomic E-state index is 13.0. The molecule has 0 saturated heterocycles. The molecule has 0 aliphatic carbocycles. The number of hydrogen-bond donors (Lipinski definition) is 1. The molecule has 0 atom stereocenters. The number of hydrogen-bond acceptors (Lipinski definition) is 2. The molecule has 4 nitrogen and oxygen atoms in total. The fourth-order valence-electron chi connectivity index (χ4n) is 2.94. The van der Waals surface area contributed by atoms with Gasteiger partial charge in [0.1, 0.15) is 5.82 Å². The number of nitrogens with zero attached hydrogens (tertiary/aromatic N) is 1. The summed E-state index contributed by atoms with van der Waals surface area (Å²) in [5.74, 6) is -2.61. The fraction of sp³-hybridized carbons (Fsp3) is 0.200. The molecule has 1 amide bonds. The molecule has 0 aliphatic heterocycles. The van der Waals surface area contributed by atoms with Crippen molar-refractivity contribution in [3.05, 3.63) is 81.4 Å². The lowest BCUT2D eigenvalue weighted by Crippen LogP contribution is -2.41. The molecule has 1 heterocycles. The fourth-order valence-corrected chi connectivity index (χ4v) is 2.94. The summed E-state index contributed by atoms with van der Waals surface area (Å²) in [6.45, 7) is 0.852. The van der Waals surface area contributed by atoms with Gasteiger partial charge in [-0.2, -0.15) is 13.2 Å². The quantitative estimate of drug-likeness (QED) is 0.681. The molecule has 0 spiro atoms. The van der Waals surface area contributed by atoms with Crippen LogP contribution in [0, 0.1) is 12.7 Å². The van der Waals surface area contributed by atoms with E-state index in [0.717, 1.165) is 17.7 Å². The van der Waals surface area contributed by atoms with Crippen molar-refractivity contribution in [1.29, 1.82) is 0 Å². The summed E-state index contributed by atoms with van der Waals surface area (Å²) >= 11 is 0. The second-order valence-electron chi connectivity index (χ2n) is 6.45. The van der Waals surface area contributed by atoms with Crippen LogP contribution in [0.15, 0.2) is 53.3 Å². The average molecular weight is 392 g/mol. The van der Waals surface area contributed by atoms with Gasteiger partial charge in [-0.1, -0.05) is 30.3 Å². The van der Waals surface area contributed by atoms with E-state index in [-0.39, 0.29) is 5.56 Å². The van der Waals surface area contributed by atoms with Crippen LogP contribution >= 0.6 is 0 Å². The Morgan fingerprint density at radius 2 is 1.75 bits per heavy atom. The second kappa shape index (κ2) is 7.46. The van der Waals surface area contributed by atoms with Crippen LogP contribution in [0.2, 0.25) is 0 Å². The van der Waals surface area contributed by atoms with Crippen molar-refractivity contribution in [3.8, 4) is 0 Å². The zero-order valence-electron chi connectivity index (χ0n) is 14.8. The van der Waals surface area contributed by atoms with Gasteiger partial charge in [0.05, 0.1) is 12.1 Å². The third-order valence-corrected chi connectivity index (χ3v) is 4.34. The number of aromatic nitrogens is 1. The Balaban J connectivity index is 1.98. The van der Waals surface area contributed by atoms with E-state index < -0.39 is 36.5 Å². The third kappa shape index (κ3) is 4.21. The molecular weight excluding hydrogens is 376 g/mol. The molecule has 2 aromatic carbocycles. The van der Waals surface area contributed by atoms with Crippen LogP contribution in [-0.4, -0.2) is 22.0 Å². The summed E-state index contributed by atoms with van der Waals surface area (Å²) in [6, 6.07) is 11.5. The largest absolute Gasteiger partial charge is 0.471 e. The first kappa shape index (κ1) is 19.6. The molecule has 1 aromatic heterocycles. The van der Waals surface area contributed by atoms with Crippen LogP contribution in [0.5, 0.6) is 0 Å². The van der Waals surface area contributed by atoms with Crippen LogP contribution in [-0.2, 0) is 17.9 Å². The number of carbonyl (C=O) groups excluding carboxylic acids is 1. The summed E-state index contributed by atoms with van der Waals surface area (Å²) in [4.78, 5) is 27.4. The van der Waals surface area contributed by atoms with Crippen molar-refractivity contribution < 1.29 is 22.4 Å². The number of nitrogens with one attached hydrogen (secondary N) is 1. The van der Waals surface area contributed by atoms with Gasteiger partial charge in [0, 0.05) is 12.1 Å². The number of amides is 1. The summed E-state index contributed by atoms with van der Waals surface area (Å²) in [5.41, 5.74) is 1.17. The normalized spacial score (nSPS) is 11.6. The van der Waals surface area contributed by atoms with Crippen molar-refractivity contribution >= 4 is 16.8 Å². The SMILES string of the molecule is Cc1cccc2cc(CN(Cc3ccc(F)cc3)C(=O)C(F)(F)F)c(=O)[nH]c12. The number of para-hydroxylation sites is 1. The van der Waals surface area contributed by atoms with E-state index in [4.69, 9.17) is 0 Å². The second-order valence-corrected chi connectivity index (χ2v) is 6.45. The Bertz CT molecular complexity index is 1070. The van der Waals surface area contributed by atoms with Gasteiger partial charge in [-0.25, -0.2) is 4.39 Å². The third-order valence-electron chi connectivity index (χ3n) is 4.34. The lowest BCUT2D eigenvalue weighted by Gasteiger charge is -2.24. The summed E-state index contributed by atoms with van der Waals surface area (Å²) in [6.07, 6.45) is -5.10. The van der Waals surface area contributed by atoms with Crippen molar-refractivity contribution in [2.24, 2.45) is 0 Å². The van der Waals surface area contributed by atoms with Gasteiger partial charge >= 0.3 is 12.1 Å². The van der Waals surface area contributed by atoms with E-state index >= 15 is 0 Å². The highest BCUT2D eigenvalue weighted by Crippen LogP contribution is 2.22. The molecule has 1 N–H and O–H groups in total. The van der Waals surface area contributed by atoms with Crippen molar-refractivity contribution in [2.45, 2.75) is 26.2 Å². The summed E-state index contributed by atoms with van der Waals surface area (Å²) < 4.78 is 52.2. The first-order valence-corrected chi connectivity index (χ1v) is 8.37. The average Bonchev–Trinajstić information content (AvgIpc) is 2.63. The Morgan fingerprint density at radius 1 is 1.07 bits per heavy atom. The standard InChI is InChI=1S/C20H16F4N2O2/c1-12-3-2-4-14-9-15(18(27)25-17(12)14)11-26(19(28)20(22,23)24)10-13-5-7-16(21)8-6-13/h2-9H,10-11H2,1H3,(H,25,27). The van der Waals surface area contributed by atoms with Crippen LogP contribution in [0.1, 0.15) is 16.7 Å². The Labute approximate surface area is 157 Å². The topological polar surface area (TPSA) is 53.2 Å². The zero-order chi connectivity index (χ0) is 20.5. The van der Waals surface area contributed by atoms with E-state index in [1.54, 1.807) is 25.1 Å². The first-order chi connectivity index (χ1) is 13.1. The molecule has 146 valence electrons. The number of rotatable bonds is 4. The van der Waals surface area contributed by atoms with Crippen LogP contribution in [0.4, 0.5) is 17.6 Å². The number of aromatic amines is 1. The van der Waals surface area contributed by atoms with Crippen LogP contribution in [0.3, 0.4) is 0 Å². The molecule has 0 bridgehead atoms. The van der Waals surface area contributed by atoms with Crippen LogP contribution in [0.25, 0.3) is 10.9 Å². The number of pyridine rings is 1. The van der Waals surface area contributed by atoms with Crippen molar-refractivity contribution in [1.82, 2.24) is 9.88 Å². The van der Waals surface area contributed by atoms with E-state index in [0.29, 0.717) is 21.4 Å². The number of H-pyrrole nitrogens is 1. The molecular formula is C20H16F4N2O2. The van der Waals surface area contributed by atoms with Crippen LogP contribution < -0.4 is 5.56 Å². The number of benzene rings is 2. The minimum absolute atomic E-state index is 0.0258. The van der Waals surface area contributed by atoms with Gasteiger partial charge in [-0.15, -0.1) is 0 Å². The molecule has 3 aromatic rings. The van der Waals surface area contributed by atoms with Gasteiger partial charge in [0.2, 0.25) is 0 Å². The van der Waals surface area contributed by atoms with Crippen molar-refractivity contribution in [3.63, 3.8) is 0 Å². The highest BCUT2D eigenvalue weighted by Gasteiger charge is 2.42. The number of carbonyl (C=O) groups is 1. The Kier molecular flexibility index (Phi) is 5.22. The summed E-state index contributed by atoms with van der Waals surface area (Å²) in [5, 5.41) is 0.649. The van der Waals surface area contributed by atoms with Gasteiger partial charge in [-0.3, -0.25) is 9.59 Å². The Hall–Kier alpha value is -3.16. The number of fused-ring (bicyclic) bond motifs is 1. The lowest BCUT2D eigenvalue weighted by atomic mass is 10.1. The minimum atomic E-state index is -5.10. The first-order valence-electron chi connectivity index (χ1n) is 8.37. The zero-order valence-corrected chi connectivity index (χ0v) is 14.8. The molecule has 0 radical (unpaired) electrons. The van der Waals surface area contributed by atoms with Gasteiger partial charge < -0.3 is 9.88 Å². The van der Waals surface area contributed by atoms with Gasteiger partial charge in [0.15, 0.2) is 0 Å². The molecule has 28 heavy (non-hydrogen) atoms. The van der Waals surface area contributed by atoms with E-state index in [1.165, 1.54) is 18.2 Å². The number of halogens is 4. The predicted octanol–water partition coefficient (Wildman–Crippen LogP) is 4.07. The van der Waals surface area contributed by atoms with E-state index in [2.05, 4.69) is 4.98 Å². The maximum Gasteiger partial charge on any atom is 0.471 e. The predicted molar refractivity (Wildman–Crippen MR) is 96.0 cm³/mol. The molecule has 0 aliphatic rings. The molecule has 3 rings (SSSR count).